The van der Waals surface area contributed by atoms with Gasteiger partial charge >= 0.3 is 0 Å². The molecule has 2 rings (SSSR count). The van der Waals surface area contributed by atoms with Crippen LogP contribution in [0, 0.1) is 0 Å². The van der Waals surface area contributed by atoms with E-state index < -0.39 is 0 Å². The Kier molecular flexibility index (Phi) is 2.51. The molecule has 0 saturated carbocycles. The van der Waals surface area contributed by atoms with Gasteiger partial charge in [-0.25, -0.2) is 0 Å². The number of amides is 1. The molecule has 0 aliphatic carbocycles. The molecule has 1 aromatic heterocycles. The molecule has 2 heterocycles. The van der Waals surface area contributed by atoms with Crippen molar-refractivity contribution < 1.29 is 4.79 Å². The number of nitrogens with one attached hydrogen (secondary N) is 2. The third kappa shape index (κ3) is 2.02. The van der Waals surface area contributed by atoms with Gasteiger partial charge in [0, 0.05) is 18.0 Å². The molecule has 2 N–H and O–H groups in total. The van der Waals surface area contributed by atoms with Gasteiger partial charge in [-0.2, -0.15) is 0 Å². The van der Waals surface area contributed by atoms with Crippen LogP contribution in [-0.4, -0.2) is 34.6 Å². The van der Waals surface area contributed by atoms with Crippen molar-refractivity contribution in [2.75, 3.05) is 13.1 Å². The standard InChI is InChI=1S/C7H10N4OS/c12-7(6-4-13-11-10-6)9-5-1-2-8-3-5/h4-5,8H,1-3H2,(H,9,12)/t5-/m0/s1. The number of rotatable bonds is 2. The Balaban J connectivity index is 1.91. The lowest BCUT2D eigenvalue weighted by molar-refractivity contribution is 0.0935. The maximum Gasteiger partial charge on any atom is 0.272 e. The summed E-state index contributed by atoms with van der Waals surface area (Å²) in [4.78, 5) is 11.4. The first-order valence-corrected chi connectivity index (χ1v) is 4.98. The van der Waals surface area contributed by atoms with Crippen LogP contribution in [0.25, 0.3) is 0 Å². The zero-order chi connectivity index (χ0) is 9.10. The van der Waals surface area contributed by atoms with E-state index in [1.54, 1.807) is 5.38 Å². The van der Waals surface area contributed by atoms with Crippen LogP contribution in [-0.2, 0) is 0 Å². The topological polar surface area (TPSA) is 66.9 Å². The van der Waals surface area contributed by atoms with Gasteiger partial charge in [0.25, 0.3) is 5.91 Å². The fourth-order valence-corrected chi connectivity index (χ4v) is 1.74. The molecule has 0 unspecified atom stereocenters. The van der Waals surface area contributed by atoms with Gasteiger partial charge in [0.05, 0.1) is 0 Å². The first kappa shape index (κ1) is 8.58. The minimum atomic E-state index is -0.123. The van der Waals surface area contributed by atoms with Crippen LogP contribution in [0.1, 0.15) is 16.9 Å². The highest BCUT2D eigenvalue weighted by molar-refractivity contribution is 7.03. The molecule has 6 heteroatoms. The third-order valence-electron chi connectivity index (χ3n) is 1.99. The van der Waals surface area contributed by atoms with Gasteiger partial charge in [0.1, 0.15) is 0 Å². The molecule has 0 spiro atoms. The normalized spacial score (nSPS) is 21.7. The maximum absolute atomic E-state index is 11.4. The Morgan fingerprint density at radius 2 is 2.69 bits per heavy atom. The molecule has 0 bridgehead atoms. The van der Waals surface area contributed by atoms with Crippen molar-refractivity contribution in [2.45, 2.75) is 12.5 Å². The predicted molar refractivity (Wildman–Crippen MR) is 48.6 cm³/mol. The Morgan fingerprint density at radius 3 is 3.31 bits per heavy atom. The number of aromatic nitrogens is 2. The monoisotopic (exact) mass is 198 g/mol. The second-order valence-corrected chi connectivity index (χ2v) is 3.56. The molecule has 70 valence electrons. The molecule has 1 aliphatic heterocycles. The molecule has 0 radical (unpaired) electrons. The first-order valence-electron chi connectivity index (χ1n) is 4.15. The molecule has 1 aliphatic rings. The number of hydrogen-bond acceptors (Lipinski definition) is 5. The van der Waals surface area contributed by atoms with Crippen LogP contribution in [0.2, 0.25) is 0 Å². The fraction of sp³-hybridized carbons (Fsp3) is 0.571. The summed E-state index contributed by atoms with van der Waals surface area (Å²) in [5, 5.41) is 11.4. The minimum Gasteiger partial charge on any atom is -0.347 e. The average molecular weight is 198 g/mol. The van der Waals surface area contributed by atoms with Crippen molar-refractivity contribution in [3.8, 4) is 0 Å². The summed E-state index contributed by atoms with van der Waals surface area (Å²) < 4.78 is 3.63. The van der Waals surface area contributed by atoms with Crippen molar-refractivity contribution in [1.29, 1.82) is 0 Å². The van der Waals surface area contributed by atoms with Crippen LogP contribution < -0.4 is 10.6 Å². The molecule has 5 nitrogen and oxygen atoms in total. The van der Waals surface area contributed by atoms with Crippen molar-refractivity contribution in [2.24, 2.45) is 0 Å². The van der Waals surface area contributed by atoms with Crippen molar-refractivity contribution >= 4 is 17.4 Å². The highest BCUT2D eigenvalue weighted by Crippen LogP contribution is 2.01. The zero-order valence-electron chi connectivity index (χ0n) is 6.99. The molecule has 1 amide bonds. The lowest BCUT2D eigenvalue weighted by atomic mass is 10.2. The van der Waals surface area contributed by atoms with E-state index in [1.165, 1.54) is 11.5 Å². The summed E-state index contributed by atoms with van der Waals surface area (Å²) in [6, 6.07) is 0.245. The Hall–Kier alpha value is -1.01. The van der Waals surface area contributed by atoms with E-state index in [0.717, 1.165) is 19.5 Å². The van der Waals surface area contributed by atoms with E-state index in [9.17, 15) is 4.79 Å². The van der Waals surface area contributed by atoms with Crippen LogP contribution in [0.5, 0.6) is 0 Å². The lowest BCUT2D eigenvalue weighted by Gasteiger charge is -2.08. The second-order valence-electron chi connectivity index (χ2n) is 2.95. The van der Waals surface area contributed by atoms with Gasteiger partial charge in [-0.1, -0.05) is 4.49 Å². The number of carbonyl (C=O) groups is 1. The average Bonchev–Trinajstić information content (AvgIpc) is 2.74. The summed E-state index contributed by atoms with van der Waals surface area (Å²) in [5.74, 6) is -0.123. The SMILES string of the molecule is O=C(N[C@H]1CCNC1)c1csnn1. The molecule has 0 aromatic carbocycles. The highest BCUT2D eigenvalue weighted by Gasteiger charge is 2.18. The van der Waals surface area contributed by atoms with E-state index in [2.05, 4.69) is 20.2 Å². The van der Waals surface area contributed by atoms with Gasteiger partial charge in [-0.05, 0) is 24.5 Å². The predicted octanol–water partition coefficient (Wildman–Crippen LogP) is -0.370. The zero-order valence-corrected chi connectivity index (χ0v) is 7.80. The number of nitrogens with zero attached hydrogens (tertiary/aromatic N) is 2. The summed E-state index contributed by atoms with van der Waals surface area (Å²) in [7, 11) is 0. The fourth-order valence-electron chi connectivity index (χ4n) is 1.30. The lowest BCUT2D eigenvalue weighted by Crippen LogP contribution is -2.36. The van der Waals surface area contributed by atoms with E-state index in [0.29, 0.717) is 5.69 Å². The van der Waals surface area contributed by atoms with E-state index in [4.69, 9.17) is 0 Å². The Bertz CT molecular complexity index is 281. The van der Waals surface area contributed by atoms with Gasteiger partial charge in [-0.3, -0.25) is 4.79 Å². The molecule has 1 fully saturated rings. The van der Waals surface area contributed by atoms with E-state index in [1.807, 2.05) is 0 Å². The van der Waals surface area contributed by atoms with Crippen LogP contribution in [0.3, 0.4) is 0 Å². The van der Waals surface area contributed by atoms with Crippen molar-refractivity contribution in [3.05, 3.63) is 11.1 Å². The largest absolute Gasteiger partial charge is 0.347 e. The Labute approximate surface area is 79.7 Å². The highest BCUT2D eigenvalue weighted by atomic mass is 32.1. The van der Waals surface area contributed by atoms with Crippen molar-refractivity contribution in [3.63, 3.8) is 0 Å². The molecule has 1 aromatic rings. The summed E-state index contributed by atoms with van der Waals surface area (Å²) >= 11 is 1.19. The van der Waals surface area contributed by atoms with Gasteiger partial charge in [-0.15, -0.1) is 5.10 Å². The quantitative estimate of drug-likeness (QED) is 0.680. The van der Waals surface area contributed by atoms with Gasteiger partial charge in [0.15, 0.2) is 5.69 Å². The molecular formula is C7H10N4OS. The first-order chi connectivity index (χ1) is 6.36. The van der Waals surface area contributed by atoms with Gasteiger partial charge in [0.2, 0.25) is 0 Å². The minimum absolute atomic E-state index is 0.123. The third-order valence-corrected chi connectivity index (χ3v) is 2.49. The van der Waals surface area contributed by atoms with Crippen LogP contribution >= 0.6 is 11.5 Å². The number of carbonyl (C=O) groups excluding carboxylic acids is 1. The molecule has 1 atom stereocenters. The molecule has 1 saturated heterocycles. The maximum atomic E-state index is 11.4. The summed E-state index contributed by atoms with van der Waals surface area (Å²) in [6.07, 6.45) is 0.989. The van der Waals surface area contributed by atoms with Crippen LogP contribution in [0.15, 0.2) is 5.38 Å². The van der Waals surface area contributed by atoms with Crippen molar-refractivity contribution in [1.82, 2.24) is 20.2 Å². The molecule has 13 heavy (non-hydrogen) atoms. The summed E-state index contributed by atoms with van der Waals surface area (Å²) in [6.45, 7) is 1.82. The van der Waals surface area contributed by atoms with E-state index >= 15 is 0 Å². The van der Waals surface area contributed by atoms with E-state index in [-0.39, 0.29) is 11.9 Å². The number of hydrogen-bond donors (Lipinski definition) is 2. The molecular weight excluding hydrogens is 188 g/mol. The Morgan fingerprint density at radius 1 is 1.77 bits per heavy atom. The summed E-state index contributed by atoms with van der Waals surface area (Å²) in [5.41, 5.74) is 0.414. The second kappa shape index (κ2) is 3.80. The smallest absolute Gasteiger partial charge is 0.272 e. The van der Waals surface area contributed by atoms with Crippen LogP contribution in [0.4, 0.5) is 0 Å². The van der Waals surface area contributed by atoms with Gasteiger partial charge < -0.3 is 10.6 Å².